The van der Waals surface area contributed by atoms with E-state index in [0.717, 1.165) is 16.8 Å². The minimum atomic E-state index is 0.548. The summed E-state index contributed by atoms with van der Waals surface area (Å²) in [4.78, 5) is 2.05. The molecule has 0 saturated carbocycles. The van der Waals surface area contributed by atoms with Crippen LogP contribution in [0.3, 0.4) is 0 Å². The molecule has 25 heavy (non-hydrogen) atoms. The number of hydrogen-bond donors (Lipinski definition) is 0. The Morgan fingerprint density at radius 3 is 1.72 bits per heavy atom. The minimum Gasteiger partial charge on any atom is -0.493 e. The molecule has 0 atom stereocenters. The van der Waals surface area contributed by atoms with Crippen molar-refractivity contribution in [3.05, 3.63) is 47.5 Å². The molecule has 0 aromatic heterocycles. The van der Waals surface area contributed by atoms with Crippen molar-refractivity contribution in [2.75, 3.05) is 40.3 Å². The zero-order chi connectivity index (χ0) is 18.2. The molecule has 0 heterocycles. The van der Waals surface area contributed by atoms with Crippen LogP contribution >= 0.6 is 0 Å². The first kappa shape index (κ1) is 18.3. The summed E-state index contributed by atoms with van der Waals surface area (Å²) in [6, 6.07) is 11.7. The Kier molecular flexibility index (Phi) is 6.39. The second-order valence-electron chi connectivity index (χ2n) is 5.43. The van der Waals surface area contributed by atoms with E-state index in [9.17, 15) is 0 Å². The predicted octanol–water partition coefficient (Wildman–Crippen LogP) is 3.23. The molecule has 0 radical (unpaired) electrons. The summed E-state index contributed by atoms with van der Waals surface area (Å²) in [5.74, 6) is 1.70. The van der Waals surface area contributed by atoms with Gasteiger partial charge in [-0.1, -0.05) is 12.1 Å². The van der Waals surface area contributed by atoms with Crippen molar-refractivity contribution < 1.29 is 14.2 Å². The van der Waals surface area contributed by atoms with E-state index in [1.165, 1.54) is 0 Å². The van der Waals surface area contributed by atoms with Crippen molar-refractivity contribution in [3.63, 3.8) is 0 Å². The van der Waals surface area contributed by atoms with Gasteiger partial charge in [0.15, 0.2) is 11.5 Å². The molecule has 0 fully saturated rings. The molecule has 2 aromatic carbocycles. The fourth-order valence-corrected chi connectivity index (χ4v) is 2.23. The van der Waals surface area contributed by atoms with Gasteiger partial charge in [-0.05, 0) is 29.8 Å². The number of benzene rings is 2. The molecule has 0 bridgehead atoms. The van der Waals surface area contributed by atoms with Crippen LogP contribution in [0.5, 0.6) is 17.2 Å². The normalized spacial score (nSPS) is 11.1. The lowest BCUT2D eigenvalue weighted by molar-refractivity contribution is 0.324. The van der Waals surface area contributed by atoms with E-state index in [2.05, 4.69) is 10.2 Å². The average Bonchev–Trinajstić information content (AvgIpc) is 2.64. The fraction of sp³-hybridized carbons (Fsp3) is 0.263. The maximum Gasteiger partial charge on any atom is 0.203 e. The summed E-state index contributed by atoms with van der Waals surface area (Å²) in [5, 5.41) is 8.17. The van der Waals surface area contributed by atoms with Crippen LogP contribution in [0, 0.1) is 0 Å². The number of ether oxygens (including phenoxy) is 3. The third-order valence-corrected chi connectivity index (χ3v) is 3.58. The summed E-state index contributed by atoms with van der Waals surface area (Å²) in [5.41, 5.74) is 2.92. The SMILES string of the molecule is COc1cc(/C=N\N=C\c2ccc(N(C)C)cc2)cc(OC)c1OC. The second-order valence-corrected chi connectivity index (χ2v) is 5.43. The van der Waals surface area contributed by atoms with Crippen LogP contribution in [0.4, 0.5) is 5.69 Å². The molecule has 0 amide bonds. The van der Waals surface area contributed by atoms with E-state index >= 15 is 0 Å². The topological polar surface area (TPSA) is 55.7 Å². The largest absolute Gasteiger partial charge is 0.493 e. The molecule has 2 rings (SSSR count). The summed E-state index contributed by atoms with van der Waals surface area (Å²) in [6.07, 6.45) is 3.34. The van der Waals surface area contributed by atoms with Gasteiger partial charge in [-0.3, -0.25) is 0 Å². The Balaban J connectivity index is 2.13. The average molecular weight is 341 g/mol. The first-order valence-electron chi connectivity index (χ1n) is 7.72. The summed E-state index contributed by atoms with van der Waals surface area (Å²) >= 11 is 0. The van der Waals surface area contributed by atoms with Crippen LogP contribution in [0.2, 0.25) is 0 Å². The minimum absolute atomic E-state index is 0.548. The van der Waals surface area contributed by atoms with E-state index in [1.54, 1.807) is 33.8 Å². The molecule has 0 aliphatic heterocycles. The number of methoxy groups -OCH3 is 3. The lowest BCUT2D eigenvalue weighted by Crippen LogP contribution is -2.08. The summed E-state index contributed by atoms with van der Waals surface area (Å²) in [7, 11) is 8.73. The molecule has 0 N–H and O–H groups in total. The molecule has 0 spiro atoms. The summed E-state index contributed by atoms with van der Waals surface area (Å²) < 4.78 is 15.9. The zero-order valence-electron chi connectivity index (χ0n) is 15.2. The molecule has 0 unspecified atom stereocenters. The van der Waals surface area contributed by atoms with Gasteiger partial charge in [0.05, 0.1) is 33.8 Å². The van der Waals surface area contributed by atoms with E-state index in [4.69, 9.17) is 14.2 Å². The van der Waals surface area contributed by atoms with Crippen LogP contribution in [0.25, 0.3) is 0 Å². The highest BCUT2D eigenvalue weighted by Crippen LogP contribution is 2.37. The van der Waals surface area contributed by atoms with Gasteiger partial charge >= 0.3 is 0 Å². The van der Waals surface area contributed by atoms with Gasteiger partial charge in [0.25, 0.3) is 0 Å². The molecule has 132 valence electrons. The molecule has 2 aromatic rings. The number of nitrogens with zero attached hydrogens (tertiary/aromatic N) is 3. The molecule has 6 heteroatoms. The molecular weight excluding hydrogens is 318 g/mol. The monoisotopic (exact) mass is 341 g/mol. The van der Waals surface area contributed by atoms with Gasteiger partial charge in [0, 0.05) is 25.3 Å². The predicted molar refractivity (Wildman–Crippen MR) is 102 cm³/mol. The summed E-state index contributed by atoms with van der Waals surface area (Å²) in [6.45, 7) is 0. The lowest BCUT2D eigenvalue weighted by atomic mass is 10.2. The first-order valence-corrected chi connectivity index (χ1v) is 7.72. The van der Waals surface area contributed by atoms with E-state index in [0.29, 0.717) is 17.2 Å². The van der Waals surface area contributed by atoms with Crippen LogP contribution in [-0.4, -0.2) is 47.9 Å². The quantitative estimate of drug-likeness (QED) is 0.573. The maximum atomic E-state index is 5.32. The van der Waals surface area contributed by atoms with Crippen molar-refractivity contribution >= 4 is 18.1 Å². The highest BCUT2D eigenvalue weighted by Gasteiger charge is 2.12. The zero-order valence-corrected chi connectivity index (χ0v) is 15.2. The van der Waals surface area contributed by atoms with Gasteiger partial charge < -0.3 is 19.1 Å². The Labute approximate surface area is 148 Å². The number of hydrogen-bond acceptors (Lipinski definition) is 6. The first-order chi connectivity index (χ1) is 12.1. The smallest absolute Gasteiger partial charge is 0.203 e. The van der Waals surface area contributed by atoms with E-state index < -0.39 is 0 Å². The van der Waals surface area contributed by atoms with E-state index in [-0.39, 0.29) is 0 Å². The Hall–Kier alpha value is -3.02. The van der Waals surface area contributed by atoms with Gasteiger partial charge in [-0.2, -0.15) is 10.2 Å². The van der Waals surface area contributed by atoms with Crippen molar-refractivity contribution in [1.82, 2.24) is 0 Å². The maximum absolute atomic E-state index is 5.32. The van der Waals surface area contributed by atoms with Crippen molar-refractivity contribution in [2.24, 2.45) is 10.2 Å². The Bertz CT molecular complexity index is 728. The van der Waals surface area contributed by atoms with Crippen molar-refractivity contribution in [3.8, 4) is 17.2 Å². The lowest BCUT2D eigenvalue weighted by Gasteiger charge is -2.12. The molecule has 0 aliphatic rings. The van der Waals surface area contributed by atoms with Crippen LogP contribution in [-0.2, 0) is 0 Å². The Morgan fingerprint density at radius 2 is 1.28 bits per heavy atom. The number of rotatable bonds is 7. The standard InChI is InChI=1S/C19H23N3O3/c1-22(2)16-8-6-14(7-9-16)12-20-21-13-15-10-17(23-3)19(25-5)18(11-15)24-4/h6-13H,1-5H3/b20-12+,21-13-. The number of anilines is 1. The molecule has 0 aliphatic carbocycles. The Morgan fingerprint density at radius 1 is 0.760 bits per heavy atom. The molecule has 0 saturated heterocycles. The van der Waals surface area contributed by atoms with Gasteiger partial charge in [0.2, 0.25) is 5.75 Å². The van der Waals surface area contributed by atoms with Gasteiger partial charge in [-0.25, -0.2) is 0 Å². The fourth-order valence-electron chi connectivity index (χ4n) is 2.23. The molecular formula is C19H23N3O3. The van der Waals surface area contributed by atoms with E-state index in [1.807, 2.05) is 55.4 Å². The van der Waals surface area contributed by atoms with Gasteiger partial charge in [-0.15, -0.1) is 0 Å². The van der Waals surface area contributed by atoms with Crippen molar-refractivity contribution in [1.29, 1.82) is 0 Å². The highest BCUT2D eigenvalue weighted by atomic mass is 16.5. The third-order valence-electron chi connectivity index (χ3n) is 3.58. The van der Waals surface area contributed by atoms with Crippen LogP contribution in [0.15, 0.2) is 46.6 Å². The van der Waals surface area contributed by atoms with Crippen LogP contribution in [0.1, 0.15) is 11.1 Å². The third kappa shape index (κ3) is 4.73. The molecule has 6 nitrogen and oxygen atoms in total. The second kappa shape index (κ2) is 8.73. The van der Waals surface area contributed by atoms with Crippen LogP contribution < -0.4 is 19.1 Å². The highest BCUT2D eigenvalue weighted by molar-refractivity contribution is 5.84. The van der Waals surface area contributed by atoms with Crippen molar-refractivity contribution in [2.45, 2.75) is 0 Å². The van der Waals surface area contributed by atoms with Gasteiger partial charge in [0.1, 0.15) is 0 Å².